The molecule has 0 aromatic heterocycles. The molecule has 0 bridgehead atoms. The molecule has 15 rings (SSSR count). The van der Waals surface area contributed by atoms with Gasteiger partial charge in [0.05, 0.1) is 117 Å². The van der Waals surface area contributed by atoms with E-state index >= 15 is 0 Å². The van der Waals surface area contributed by atoms with Gasteiger partial charge in [0.2, 0.25) is 0 Å². The summed E-state index contributed by atoms with van der Waals surface area (Å²) in [4.78, 5) is 0. The van der Waals surface area contributed by atoms with Crippen molar-refractivity contribution in [3.63, 3.8) is 0 Å². The largest absolute Gasteiger partial charge is 0.412 e. The second-order valence-corrected chi connectivity index (χ2v) is 28.8. The summed E-state index contributed by atoms with van der Waals surface area (Å²) in [5.41, 5.74) is 0.944. The molecule has 80 heavy (non-hydrogen) atoms. The van der Waals surface area contributed by atoms with Gasteiger partial charge in [-0.2, -0.15) is 0 Å². The van der Waals surface area contributed by atoms with Crippen LogP contribution in [0.15, 0.2) is 60.8 Å². The highest BCUT2D eigenvalue weighted by Gasteiger charge is 2.60. The van der Waals surface area contributed by atoms with Gasteiger partial charge < -0.3 is 76.5 Å². The van der Waals surface area contributed by atoms with Gasteiger partial charge in [-0.05, 0) is 140 Å². The lowest BCUT2D eigenvalue weighted by Gasteiger charge is -2.50. The van der Waals surface area contributed by atoms with E-state index in [9.17, 15) is 0 Å². The Morgan fingerprint density at radius 2 is 0.575 bits per heavy atom. The van der Waals surface area contributed by atoms with Gasteiger partial charge in [0.15, 0.2) is 0 Å². The molecule has 8 heterocycles. The third kappa shape index (κ3) is 14.5. The zero-order chi connectivity index (χ0) is 55.5. The third-order valence-corrected chi connectivity index (χ3v) is 19.7. The molecule has 4 unspecified atom stereocenters. The highest BCUT2D eigenvalue weighted by atomic mass is 17.0. The highest BCUT2D eigenvalue weighted by molar-refractivity contribution is 5.05. The zero-order valence-electron chi connectivity index (χ0n) is 48.9. The van der Waals surface area contributed by atoms with Gasteiger partial charge in [-0.25, -0.2) is 0 Å². The van der Waals surface area contributed by atoms with Crippen LogP contribution in [-0.4, -0.2) is 146 Å². The Balaban J connectivity index is 0.000000113. The number of epoxide rings is 2. The number of aliphatic hydroxyl groups excluding tert-OH is 2. The van der Waals surface area contributed by atoms with E-state index in [1.807, 2.05) is 6.08 Å². The second-order valence-electron chi connectivity index (χ2n) is 28.8. The summed E-state index contributed by atoms with van der Waals surface area (Å²) in [6, 6.07) is 0. The average Bonchev–Trinajstić information content (AvgIpc) is 4.51. The fourth-order valence-electron chi connectivity index (χ4n) is 13.7. The second kappa shape index (κ2) is 24.4. The maximum atomic E-state index is 8.95. The first kappa shape index (κ1) is 59.8. The molecule has 16 heteroatoms. The predicted molar refractivity (Wildman–Crippen MR) is 296 cm³/mol. The van der Waals surface area contributed by atoms with E-state index in [0.29, 0.717) is 109 Å². The quantitative estimate of drug-likeness (QED) is 0.197. The minimum atomic E-state index is -1.26. The molecule has 0 aromatic carbocycles. The monoisotopic (exact) mass is 1120 g/mol. The van der Waals surface area contributed by atoms with Crippen LogP contribution in [-0.2, 0) is 66.3 Å². The van der Waals surface area contributed by atoms with Gasteiger partial charge in [0, 0.05) is 37.9 Å². The van der Waals surface area contributed by atoms with Crippen LogP contribution < -0.4 is 0 Å². The predicted octanol–water partition coefficient (Wildman–Crippen LogP) is 10.6. The molecule has 4 atom stereocenters. The minimum absolute atomic E-state index is 0.0880. The maximum Gasteiger partial charge on any atom is 0.412 e. The minimum Gasteiger partial charge on any atom is -0.396 e. The molecule has 8 aliphatic heterocycles. The van der Waals surface area contributed by atoms with E-state index in [1.54, 1.807) is 0 Å². The number of hydrogen-bond acceptors (Lipinski definition) is 16. The molecule has 15 aliphatic rings. The molecule has 16 nitrogen and oxygen atoms in total. The lowest BCUT2D eigenvalue weighted by molar-refractivity contribution is -0.548. The summed E-state index contributed by atoms with van der Waals surface area (Å²) in [5.74, 6) is 0. The van der Waals surface area contributed by atoms with Gasteiger partial charge in [-0.15, -0.1) is 0 Å². The van der Waals surface area contributed by atoms with Crippen LogP contribution in [0.5, 0.6) is 0 Å². The van der Waals surface area contributed by atoms with E-state index in [-0.39, 0.29) is 51.1 Å². The number of fused-ring (bicyclic) bond motifs is 2. The summed E-state index contributed by atoms with van der Waals surface area (Å²) in [6.45, 7) is 16.8. The van der Waals surface area contributed by atoms with Crippen LogP contribution in [0.4, 0.5) is 0 Å². The average molecular weight is 1120 g/mol. The molecule has 2 saturated carbocycles. The number of rotatable bonds is 2. The van der Waals surface area contributed by atoms with Crippen LogP contribution in [0.25, 0.3) is 0 Å². The Kier molecular flexibility index (Phi) is 18.3. The highest BCUT2D eigenvalue weighted by Crippen LogP contribution is 2.54. The number of ether oxygens (including phenoxy) is 14. The smallest absolute Gasteiger partial charge is 0.396 e. The van der Waals surface area contributed by atoms with Crippen LogP contribution in [0.1, 0.15) is 163 Å². The summed E-state index contributed by atoms with van der Waals surface area (Å²) >= 11 is 0. The molecular weight excluding hydrogens is 1020 g/mol. The topological polar surface area (TPSA) is 176 Å². The van der Waals surface area contributed by atoms with E-state index < -0.39 is 18.5 Å². The standard InChI is InChI=1S/C17H24O6.2C17H24O4.C8H14O2.C5H12/c1-3-15(5-13-11(1)22-13)7-18-17(19-8-15)20-9-16(10-21-17)4-2-12-14(6-16)23-12;2*1-3-7-15(8-4-1)11-18-17(19-12-15)20-13-16(14-21-17)9-5-2-6-10-16;9-6-8(7-10)4-2-1-3-5-8;1-5(2,3)4/h11-14H,1-10H2;2*1-3,5H,4,6-14H2;1-2,9-10H,3-7H2;1-4H3. The van der Waals surface area contributed by atoms with Gasteiger partial charge in [0.1, 0.15) is 0 Å². The van der Waals surface area contributed by atoms with E-state index in [4.69, 9.17) is 76.5 Å². The fraction of sp³-hybridized carbons (Fsp3) is 0.844. The molecule has 450 valence electrons. The van der Waals surface area contributed by atoms with Crippen molar-refractivity contribution in [1.29, 1.82) is 0 Å². The van der Waals surface area contributed by atoms with Crippen molar-refractivity contribution < 1.29 is 76.5 Å². The molecule has 2 N–H and O–H groups in total. The first-order valence-corrected chi connectivity index (χ1v) is 30.9. The zero-order valence-corrected chi connectivity index (χ0v) is 48.9. The van der Waals surface area contributed by atoms with E-state index in [1.165, 1.54) is 0 Å². The fourth-order valence-corrected chi connectivity index (χ4v) is 13.7. The molecule has 0 amide bonds. The Hall–Kier alpha value is -1.94. The van der Waals surface area contributed by atoms with Crippen molar-refractivity contribution in [2.24, 2.45) is 43.3 Å². The lowest BCUT2D eigenvalue weighted by Crippen LogP contribution is -2.59. The number of allylic oxidation sites excluding steroid dienone is 10. The first-order chi connectivity index (χ1) is 38.5. The van der Waals surface area contributed by atoms with E-state index in [2.05, 4.69) is 82.4 Å². The summed E-state index contributed by atoms with van der Waals surface area (Å²) in [7, 11) is 0. The van der Waals surface area contributed by atoms with Crippen molar-refractivity contribution >= 4 is 0 Å². The van der Waals surface area contributed by atoms with Crippen molar-refractivity contribution in [1.82, 2.24) is 0 Å². The number of hydrogen-bond donors (Lipinski definition) is 2. The lowest BCUT2D eigenvalue weighted by atomic mass is 9.74. The molecule has 7 aliphatic carbocycles. The molecule has 0 radical (unpaired) electrons. The van der Waals surface area contributed by atoms with Gasteiger partial charge in [0.25, 0.3) is 0 Å². The van der Waals surface area contributed by atoms with Gasteiger partial charge in [-0.3, -0.25) is 0 Å². The van der Waals surface area contributed by atoms with Crippen molar-refractivity contribution in [3.8, 4) is 0 Å². The Labute approximate surface area is 476 Å². The molecule has 8 saturated heterocycles. The van der Waals surface area contributed by atoms with Gasteiger partial charge in [-0.1, -0.05) is 88.5 Å². The Morgan fingerprint density at radius 3 is 0.775 bits per heavy atom. The van der Waals surface area contributed by atoms with E-state index in [0.717, 1.165) is 135 Å². The normalized spacial score (nSPS) is 45.4. The molecule has 9 spiro atoms. The molecule has 0 aromatic rings. The van der Waals surface area contributed by atoms with Crippen molar-refractivity contribution in [3.05, 3.63) is 60.8 Å². The van der Waals surface area contributed by atoms with Gasteiger partial charge >= 0.3 is 18.5 Å². The SMILES string of the molecule is C1=CCC2(CC1)COC1(OC2)OCC2(CC=CCC2)CO1.C1=CCC2(CC1)COC1(OC2)OCC2(CC=CCC2)CO1.C1CC2(COC3(OC2)OCC2(CCC4OC4C2)CO3)CC2OC12.CC(C)(C)C.OCC1(CO)CC=CCC1. The Bertz CT molecular complexity index is 1930. The maximum absolute atomic E-state index is 8.95. The van der Waals surface area contributed by atoms with Crippen LogP contribution in [0, 0.1) is 43.3 Å². The molecular formula is C64H98O16. The van der Waals surface area contributed by atoms with Crippen LogP contribution >= 0.6 is 0 Å². The Morgan fingerprint density at radius 1 is 0.325 bits per heavy atom. The summed E-state index contributed by atoms with van der Waals surface area (Å²) < 4.78 is 82.6. The molecule has 10 fully saturated rings. The van der Waals surface area contributed by atoms with Crippen LogP contribution in [0.3, 0.4) is 0 Å². The first-order valence-electron chi connectivity index (χ1n) is 30.9. The van der Waals surface area contributed by atoms with Crippen molar-refractivity contribution in [2.75, 3.05) is 92.5 Å². The van der Waals surface area contributed by atoms with Crippen molar-refractivity contribution in [2.45, 2.75) is 205 Å². The summed E-state index contributed by atoms with van der Waals surface area (Å²) in [5, 5.41) is 17.9. The summed E-state index contributed by atoms with van der Waals surface area (Å²) in [6.07, 6.45) is 42.4. The number of aliphatic hydroxyl groups is 2. The third-order valence-electron chi connectivity index (χ3n) is 19.7. The van der Waals surface area contributed by atoms with Crippen LogP contribution in [0.2, 0.25) is 0 Å².